The van der Waals surface area contributed by atoms with Crippen LogP contribution in [-0.4, -0.2) is 33.0 Å². The molecule has 1 aromatic rings. The first-order valence-electron chi connectivity index (χ1n) is 5.07. The van der Waals surface area contributed by atoms with Crippen LogP contribution in [0, 0.1) is 6.92 Å². The molecule has 6 heteroatoms. The van der Waals surface area contributed by atoms with Crippen LogP contribution in [0.2, 0.25) is 0 Å². The zero-order valence-electron chi connectivity index (χ0n) is 10.0. The molecule has 0 amide bonds. The molecular weight excluding hydrogens is 256 g/mol. The Morgan fingerprint density at radius 3 is 2.29 bits per heavy atom. The predicted molar refractivity (Wildman–Crippen MR) is 69.6 cm³/mol. The van der Waals surface area contributed by atoms with Crippen molar-refractivity contribution >= 4 is 35.1 Å². The van der Waals surface area contributed by atoms with Gasteiger partial charge in [-0.2, -0.15) is 0 Å². The third kappa shape index (κ3) is 5.83. The van der Waals surface area contributed by atoms with Crippen molar-refractivity contribution in [3.8, 4) is 0 Å². The normalized spacial score (nSPS) is 10.3. The van der Waals surface area contributed by atoms with Crippen molar-refractivity contribution in [2.24, 2.45) is 0 Å². The third-order valence-corrected chi connectivity index (χ3v) is 3.69. The van der Waals surface area contributed by atoms with Gasteiger partial charge >= 0.3 is 0 Å². The molecule has 92 valence electrons. The molecule has 0 aromatic carbocycles. The molecule has 4 nitrogen and oxygen atoms in total. The molecule has 0 fully saturated rings. The minimum atomic E-state index is 0.0954. The SMILES string of the molecule is CC(=O)CSc1cc(C)nc(SCC(C)=O)n1. The number of rotatable bonds is 6. The molecule has 0 aliphatic heterocycles. The molecule has 0 saturated heterocycles. The predicted octanol–water partition coefficient (Wildman–Crippen LogP) is 2.15. The van der Waals surface area contributed by atoms with E-state index in [2.05, 4.69) is 9.97 Å². The molecular formula is C11H14N2O2S2. The van der Waals surface area contributed by atoms with Crippen molar-refractivity contribution in [3.63, 3.8) is 0 Å². The van der Waals surface area contributed by atoms with Gasteiger partial charge in [0.1, 0.15) is 16.6 Å². The van der Waals surface area contributed by atoms with E-state index in [4.69, 9.17) is 0 Å². The number of ketones is 2. The van der Waals surface area contributed by atoms with E-state index in [1.54, 1.807) is 6.92 Å². The summed E-state index contributed by atoms with van der Waals surface area (Å²) in [5, 5.41) is 1.37. The van der Waals surface area contributed by atoms with Gasteiger partial charge in [-0.1, -0.05) is 23.5 Å². The van der Waals surface area contributed by atoms with Gasteiger partial charge in [-0.3, -0.25) is 9.59 Å². The lowest BCUT2D eigenvalue weighted by Crippen LogP contribution is -1.99. The molecule has 0 aliphatic rings. The van der Waals surface area contributed by atoms with Crippen LogP contribution in [0.3, 0.4) is 0 Å². The fourth-order valence-corrected chi connectivity index (χ4v) is 2.51. The third-order valence-electron chi connectivity index (χ3n) is 1.64. The van der Waals surface area contributed by atoms with Crippen LogP contribution in [-0.2, 0) is 9.59 Å². The van der Waals surface area contributed by atoms with E-state index in [0.29, 0.717) is 16.7 Å². The lowest BCUT2D eigenvalue weighted by atomic mass is 10.5. The van der Waals surface area contributed by atoms with Crippen LogP contribution in [0.25, 0.3) is 0 Å². The van der Waals surface area contributed by atoms with E-state index in [1.165, 1.54) is 30.4 Å². The second-order valence-electron chi connectivity index (χ2n) is 3.61. The Morgan fingerprint density at radius 2 is 1.71 bits per heavy atom. The van der Waals surface area contributed by atoms with Gasteiger partial charge in [-0.15, -0.1) is 0 Å². The van der Waals surface area contributed by atoms with Crippen LogP contribution in [0.1, 0.15) is 19.5 Å². The van der Waals surface area contributed by atoms with Gasteiger partial charge in [-0.25, -0.2) is 9.97 Å². The largest absolute Gasteiger partial charge is 0.299 e. The van der Waals surface area contributed by atoms with Crippen LogP contribution in [0.15, 0.2) is 16.2 Å². The van der Waals surface area contributed by atoms with E-state index in [9.17, 15) is 9.59 Å². The number of carbonyl (C=O) groups is 2. The fraction of sp³-hybridized carbons (Fsp3) is 0.455. The zero-order valence-corrected chi connectivity index (χ0v) is 11.7. The molecule has 0 aliphatic carbocycles. The summed E-state index contributed by atoms with van der Waals surface area (Å²) in [6, 6.07) is 1.84. The van der Waals surface area contributed by atoms with Crippen LogP contribution in [0.5, 0.6) is 0 Å². The highest BCUT2D eigenvalue weighted by Crippen LogP contribution is 2.20. The van der Waals surface area contributed by atoms with Crippen molar-refractivity contribution < 1.29 is 9.59 Å². The first-order chi connectivity index (χ1) is 7.97. The van der Waals surface area contributed by atoms with E-state index in [-0.39, 0.29) is 11.6 Å². The Morgan fingerprint density at radius 1 is 1.12 bits per heavy atom. The first-order valence-corrected chi connectivity index (χ1v) is 7.04. The van der Waals surface area contributed by atoms with Crippen molar-refractivity contribution in [1.82, 2.24) is 9.97 Å². The van der Waals surface area contributed by atoms with Crippen molar-refractivity contribution in [2.75, 3.05) is 11.5 Å². The summed E-state index contributed by atoms with van der Waals surface area (Å²) >= 11 is 2.71. The lowest BCUT2D eigenvalue weighted by molar-refractivity contribution is -0.115. The lowest BCUT2D eigenvalue weighted by Gasteiger charge is -2.03. The Labute approximate surface area is 109 Å². The topological polar surface area (TPSA) is 59.9 Å². The fourth-order valence-electron chi connectivity index (χ4n) is 0.994. The molecule has 17 heavy (non-hydrogen) atoms. The van der Waals surface area contributed by atoms with Gasteiger partial charge in [0, 0.05) is 5.69 Å². The van der Waals surface area contributed by atoms with Crippen LogP contribution < -0.4 is 0 Å². The summed E-state index contributed by atoms with van der Waals surface area (Å²) in [6.07, 6.45) is 0. The molecule has 1 heterocycles. The second-order valence-corrected chi connectivity index (χ2v) is 5.55. The van der Waals surface area contributed by atoms with Crippen molar-refractivity contribution in [2.45, 2.75) is 31.0 Å². The molecule has 0 N–H and O–H groups in total. The number of thioether (sulfide) groups is 2. The van der Waals surface area contributed by atoms with Crippen LogP contribution in [0.4, 0.5) is 0 Å². The van der Waals surface area contributed by atoms with E-state index in [1.807, 2.05) is 13.0 Å². The highest BCUT2D eigenvalue weighted by molar-refractivity contribution is 8.00. The van der Waals surface area contributed by atoms with Crippen molar-refractivity contribution in [3.05, 3.63) is 11.8 Å². The Bertz CT molecular complexity index is 399. The summed E-state index contributed by atoms with van der Waals surface area (Å²) in [5.74, 6) is 0.996. The van der Waals surface area contributed by atoms with Gasteiger partial charge in [0.05, 0.1) is 11.5 Å². The maximum Gasteiger partial charge on any atom is 0.189 e. The first kappa shape index (κ1) is 14.2. The number of hydrogen-bond donors (Lipinski definition) is 0. The van der Waals surface area contributed by atoms with E-state index < -0.39 is 0 Å². The summed E-state index contributed by atoms with van der Waals surface area (Å²) in [6.45, 7) is 4.96. The van der Waals surface area contributed by atoms with Crippen LogP contribution >= 0.6 is 23.5 Å². The number of aromatic nitrogens is 2. The summed E-state index contributed by atoms with van der Waals surface area (Å²) in [5.41, 5.74) is 0.845. The molecule has 0 spiro atoms. The quantitative estimate of drug-likeness (QED) is 0.448. The second kappa shape index (κ2) is 6.76. The van der Waals surface area contributed by atoms with Crippen molar-refractivity contribution in [1.29, 1.82) is 0 Å². The number of hydrogen-bond acceptors (Lipinski definition) is 6. The average molecular weight is 270 g/mol. The van der Waals surface area contributed by atoms with Gasteiger partial charge in [-0.05, 0) is 26.8 Å². The molecule has 1 aromatic heterocycles. The maximum atomic E-state index is 10.9. The minimum absolute atomic E-state index is 0.0954. The maximum absolute atomic E-state index is 10.9. The Hall–Kier alpha value is -0.880. The Kier molecular flexibility index (Phi) is 5.64. The smallest absolute Gasteiger partial charge is 0.189 e. The number of aryl methyl sites for hydroxylation is 1. The van der Waals surface area contributed by atoms with E-state index >= 15 is 0 Å². The molecule has 0 bridgehead atoms. The summed E-state index contributed by atoms with van der Waals surface area (Å²) in [4.78, 5) is 30.3. The monoisotopic (exact) mass is 270 g/mol. The highest BCUT2D eigenvalue weighted by atomic mass is 32.2. The molecule has 0 radical (unpaired) electrons. The highest BCUT2D eigenvalue weighted by Gasteiger charge is 2.06. The standard InChI is InChI=1S/C11H14N2O2S2/c1-7-4-10(16-5-8(2)14)13-11(12-7)17-6-9(3)15/h4H,5-6H2,1-3H3. The zero-order chi connectivity index (χ0) is 12.8. The van der Waals surface area contributed by atoms with Gasteiger partial charge in [0.25, 0.3) is 0 Å². The molecule has 0 unspecified atom stereocenters. The number of nitrogens with zero attached hydrogens (tertiary/aromatic N) is 2. The van der Waals surface area contributed by atoms with Gasteiger partial charge < -0.3 is 0 Å². The van der Waals surface area contributed by atoms with E-state index in [0.717, 1.165) is 10.7 Å². The Balaban J connectivity index is 2.71. The number of Topliss-reactive ketones (excluding diaryl/α,β-unsaturated/α-hetero) is 2. The minimum Gasteiger partial charge on any atom is -0.299 e. The van der Waals surface area contributed by atoms with Gasteiger partial charge in [0.15, 0.2) is 5.16 Å². The summed E-state index contributed by atoms with van der Waals surface area (Å²) in [7, 11) is 0. The number of carbonyl (C=O) groups excluding carboxylic acids is 2. The average Bonchev–Trinajstić information content (AvgIpc) is 2.23. The van der Waals surface area contributed by atoms with Gasteiger partial charge in [0.2, 0.25) is 0 Å². The molecule has 0 atom stereocenters. The summed E-state index contributed by atoms with van der Waals surface area (Å²) < 4.78 is 0. The molecule has 0 saturated carbocycles. The molecule has 1 rings (SSSR count).